The average molecular weight is 273 g/mol. The number of benzene rings is 1. The molecule has 2 atom stereocenters. The molecule has 1 aromatic rings. The molecule has 0 bridgehead atoms. The summed E-state index contributed by atoms with van der Waals surface area (Å²) in [5, 5.41) is 10.7. The summed E-state index contributed by atoms with van der Waals surface area (Å²) >= 11 is 0. The summed E-state index contributed by atoms with van der Waals surface area (Å²) in [5.41, 5.74) is 2.45. The highest BCUT2D eigenvalue weighted by Gasteiger charge is 2.42. The molecule has 3 nitrogen and oxygen atoms in total. The van der Waals surface area contributed by atoms with Crippen LogP contribution in [0.4, 0.5) is 5.69 Å². The predicted octanol–water partition coefficient (Wildman–Crippen LogP) is 2.94. The summed E-state index contributed by atoms with van der Waals surface area (Å²) in [5.74, 6) is 0.353. The van der Waals surface area contributed by atoms with Crippen molar-refractivity contribution in [2.75, 3.05) is 18.0 Å². The van der Waals surface area contributed by atoms with Crippen LogP contribution >= 0.6 is 0 Å². The standard InChI is InChI=1S/C17H23NO2/c1-13-5-6-16(14(10-13)12-19)18-9-8-17(20)7-3-2-4-15(17)11-18/h5-6,10,12,15,20H,2-4,7-9,11H2,1H3. The van der Waals surface area contributed by atoms with Gasteiger partial charge in [-0.1, -0.05) is 24.5 Å². The Balaban J connectivity index is 1.84. The van der Waals surface area contributed by atoms with Crippen LogP contribution in [0, 0.1) is 12.8 Å². The highest BCUT2D eigenvalue weighted by atomic mass is 16.3. The Bertz CT molecular complexity index is 514. The number of carbonyl (C=O) groups excluding carboxylic acids is 1. The second-order valence-corrected chi connectivity index (χ2v) is 6.42. The Morgan fingerprint density at radius 1 is 1.35 bits per heavy atom. The van der Waals surface area contributed by atoms with E-state index in [9.17, 15) is 9.90 Å². The van der Waals surface area contributed by atoms with Gasteiger partial charge in [0.25, 0.3) is 0 Å². The lowest BCUT2D eigenvalue weighted by Crippen LogP contribution is -2.53. The molecule has 0 radical (unpaired) electrons. The monoisotopic (exact) mass is 273 g/mol. The molecule has 2 aliphatic rings. The van der Waals surface area contributed by atoms with Crippen molar-refractivity contribution < 1.29 is 9.90 Å². The lowest BCUT2D eigenvalue weighted by molar-refractivity contribution is -0.0612. The van der Waals surface area contributed by atoms with E-state index in [1.54, 1.807) is 0 Å². The molecule has 1 N–H and O–H groups in total. The highest BCUT2D eigenvalue weighted by molar-refractivity contribution is 5.85. The van der Waals surface area contributed by atoms with Gasteiger partial charge in [0.05, 0.1) is 5.60 Å². The molecule has 0 amide bonds. The summed E-state index contributed by atoms with van der Waals surface area (Å²) in [7, 11) is 0. The van der Waals surface area contributed by atoms with Gasteiger partial charge in [0.15, 0.2) is 6.29 Å². The first-order valence-corrected chi connectivity index (χ1v) is 7.65. The van der Waals surface area contributed by atoms with E-state index in [0.29, 0.717) is 5.92 Å². The van der Waals surface area contributed by atoms with E-state index in [1.165, 1.54) is 6.42 Å². The fraction of sp³-hybridized carbons (Fsp3) is 0.588. The molecule has 1 aliphatic heterocycles. The lowest BCUT2D eigenvalue weighted by atomic mass is 9.71. The maximum atomic E-state index is 11.3. The Kier molecular flexibility index (Phi) is 3.55. The fourth-order valence-electron chi connectivity index (χ4n) is 3.85. The highest BCUT2D eigenvalue weighted by Crippen LogP contribution is 2.41. The molecule has 2 fully saturated rings. The molecular weight excluding hydrogens is 250 g/mol. The number of aliphatic hydroxyl groups is 1. The van der Waals surface area contributed by atoms with E-state index in [-0.39, 0.29) is 0 Å². The van der Waals surface area contributed by atoms with Gasteiger partial charge in [0, 0.05) is 30.3 Å². The summed E-state index contributed by atoms with van der Waals surface area (Å²) in [6.45, 7) is 3.73. The van der Waals surface area contributed by atoms with Crippen LogP contribution in [0.5, 0.6) is 0 Å². The first kappa shape index (κ1) is 13.6. The summed E-state index contributed by atoms with van der Waals surface area (Å²) in [6, 6.07) is 6.06. The second-order valence-electron chi connectivity index (χ2n) is 6.42. The third kappa shape index (κ3) is 2.35. The van der Waals surface area contributed by atoms with Crippen LogP contribution in [0.1, 0.15) is 48.0 Å². The fourth-order valence-corrected chi connectivity index (χ4v) is 3.85. The summed E-state index contributed by atoms with van der Waals surface area (Å²) in [4.78, 5) is 13.6. The van der Waals surface area contributed by atoms with E-state index < -0.39 is 5.60 Å². The quantitative estimate of drug-likeness (QED) is 0.842. The Hall–Kier alpha value is -1.35. The van der Waals surface area contributed by atoms with Gasteiger partial charge in [-0.15, -0.1) is 0 Å². The van der Waals surface area contributed by atoms with Crippen LogP contribution in [0.3, 0.4) is 0 Å². The number of nitrogens with zero attached hydrogens (tertiary/aromatic N) is 1. The van der Waals surface area contributed by atoms with Crippen LogP contribution < -0.4 is 4.90 Å². The lowest BCUT2D eigenvalue weighted by Gasteiger charge is -2.48. The van der Waals surface area contributed by atoms with E-state index in [4.69, 9.17) is 0 Å². The molecule has 1 aliphatic carbocycles. The number of hydrogen-bond acceptors (Lipinski definition) is 3. The molecule has 1 aromatic carbocycles. The number of fused-ring (bicyclic) bond motifs is 1. The Morgan fingerprint density at radius 3 is 3.00 bits per heavy atom. The van der Waals surface area contributed by atoms with E-state index in [1.807, 2.05) is 19.1 Å². The van der Waals surface area contributed by atoms with Crippen LogP contribution in [0.25, 0.3) is 0 Å². The van der Waals surface area contributed by atoms with Crippen molar-refractivity contribution in [3.63, 3.8) is 0 Å². The van der Waals surface area contributed by atoms with Crippen molar-refractivity contribution in [2.45, 2.75) is 44.6 Å². The van der Waals surface area contributed by atoms with Crippen molar-refractivity contribution in [3.05, 3.63) is 29.3 Å². The minimum Gasteiger partial charge on any atom is -0.389 e. The predicted molar refractivity (Wildman–Crippen MR) is 80.3 cm³/mol. The SMILES string of the molecule is Cc1ccc(N2CCC3(O)CCCCC3C2)c(C=O)c1. The maximum Gasteiger partial charge on any atom is 0.152 e. The smallest absolute Gasteiger partial charge is 0.152 e. The molecule has 1 heterocycles. The number of anilines is 1. The van der Waals surface area contributed by atoms with Crippen LogP contribution in [0.2, 0.25) is 0 Å². The summed E-state index contributed by atoms with van der Waals surface area (Å²) in [6.07, 6.45) is 6.19. The third-order valence-electron chi connectivity index (χ3n) is 5.08. The molecule has 2 unspecified atom stereocenters. The average Bonchev–Trinajstić information content (AvgIpc) is 2.46. The van der Waals surface area contributed by atoms with Gasteiger partial charge >= 0.3 is 0 Å². The number of rotatable bonds is 2. The van der Waals surface area contributed by atoms with Crippen LogP contribution in [-0.4, -0.2) is 30.1 Å². The van der Waals surface area contributed by atoms with Gasteiger partial charge in [-0.25, -0.2) is 0 Å². The topological polar surface area (TPSA) is 40.5 Å². The molecule has 3 rings (SSSR count). The second kappa shape index (κ2) is 5.21. The van der Waals surface area contributed by atoms with Gasteiger partial charge in [-0.3, -0.25) is 4.79 Å². The number of piperidine rings is 1. The van der Waals surface area contributed by atoms with E-state index in [2.05, 4.69) is 11.0 Å². The number of aldehydes is 1. The van der Waals surface area contributed by atoms with Crippen molar-refractivity contribution >= 4 is 12.0 Å². The molecule has 1 saturated carbocycles. The molecule has 20 heavy (non-hydrogen) atoms. The van der Waals surface area contributed by atoms with Gasteiger partial charge < -0.3 is 10.0 Å². The Labute approximate surface area is 120 Å². The number of hydrogen-bond donors (Lipinski definition) is 1. The zero-order valence-electron chi connectivity index (χ0n) is 12.1. The first-order chi connectivity index (χ1) is 9.62. The summed E-state index contributed by atoms with van der Waals surface area (Å²) < 4.78 is 0. The van der Waals surface area contributed by atoms with Crippen molar-refractivity contribution in [1.82, 2.24) is 0 Å². The normalized spacial score (nSPS) is 29.9. The molecule has 0 spiro atoms. The van der Waals surface area contributed by atoms with Gasteiger partial charge in [-0.2, -0.15) is 0 Å². The van der Waals surface area contributed by atoms with Gasteiger partial charge in [-0.05, 0) is 38.3 Å². The van der Waals surface area contributed by atoms with Crippen molar-refractivity contribution in [2.24, 2.45) is 5.92 Å². The van der Waals surface area contributed by atoms with Crippen LogP contribution in [0.15, 0.2) is 18.2 Å². The molecular formula is C17H23NO2. The largest absolute Gasteiger partial charge is 0.389 e. The third-order valence-corrected chi connectivity index (χ3v) is 5.08. The molecule has 0 aromatic heterocycles. The maximum absolute atomic E-state index is 11.3. The van der Waals surface area contributed by atoms with E-state index in [0.717, 1.165) is 61.9 Å². The molecule has 1 saturated heterocycles. The molecule has 3 heteroatoms. The van der Waals surface area contributed by atoms with E-state index >= 15 is 0 Å². The van der Waals surface area contributed by atoms with Gasteiger partial charge in [0.2, 0.25) is 0 Å². The number of aryl methyl sites for hydroxylation is 1. The van der Waals surface area contributed by atoms with Crippen LogP contribution in [-0.2, 0) is 0 Å². The zero-order chi connectivity index (χ0) is 14.2. The van der Waals surface area contributed by atoms with Crippen molar-refractivity contribution in [3.8, 4) is 0 Å². The zero-order valence-corrected chi connectivity index (χ0v) is 12.1. The van der Waals surface area contributed by atoms with Gasteiger partial charge in [0.1, 0.15) is 0 Å². The minimum atomic E-state index is -0.458. The first-order valence-electron chi connectivity index (χ1n) is 7.65. The minimum absolute atomic E-state index is 0.353. The number of carbonyl (C=O) groups is 1. The molecule has 108 valence electrons. The van der Waals surface area contributed by atoms with Crippen molar-refractivity contribution in [1.29, 1.82) is 0 Å². The Morgan fingerprint density at radius 2 is 2.20 bits per heavy atom.